The fraction of sp³-hybridized carbons (Fsp3) is 0.167. The third-order valence-electron chi connectivity index (χ3n) is 3.78. The van der Waals surface area contributed by atoms with Gasteiger partial charge in [-0.15, -0.1) is 0 Å². The molecule has 3 rings (SSSR count). The van der Waals surface area contributed by atoms with Crippen LogP contribution >= 0.6 is 0 Å². The quantitative estimate of drug-likeness (QED) is 0.772. The molecule has 3 aromatic rings. The van der Waals surface area contributed by atoms with Gasteiger partial charge < -0.3 is 14.4 Å². The lowest BCUT2D eigenvalue weighted by Crippen LogP contribution is -2.01. The molecule has 0 saturated heterocycles. The van der Waals surface area contributed by atoms with E-state index in [0.29, 0.717) is 11.9 Å². The Bertz CT molecular complexity index is 870. The van der Waals surface area contributed by atoms with Crippen LogP contribution in [0.3, 0.4) is 0 Å². The summed E-state index contributed by atoms with van der Waals surface area (Å²) in [4.78, 5) is 11.5. The Morgan fingerprint density at radius 3 is 2.70 bits per heavy atom. The highest BCUT2D eigenvalue weighted by Crippen LogP contribution is 2.27. The molecule has 0 aliphatic rings. The van der Waals surface area contributed by atoms with Gasteiger partial charge in [0, 0.05) is 29.2 Å². The van der Waals surface area contributed by atoms with Crippen LogP contribution in [0.4, 0.5) is 4.39 Å². The first-order valence-corrected chi connectivity index (χ1v) is 7.33. The van der Waals surface area contributed by atoms with Crippen LogP contribution < -0.4 is 4.74 Å². The number of aromatic nitrogens is 1. The second-order valence-corrected chi connectivity index (χ2v) is 5.16. The topological polar surface area (TPSA) is 51.5 Å². The van der Waals surface area contributed by atoms with Crippen molar-refractivity contribution >= 4 is 16.9 Å². The zero-order valence-corrected chi connectivity index (χ0v) is 12.6. The van der Waals surface area contributed by atoms with E-state index in [4.69, 9.17) is 4.74 Å². The maximum atomic E-state index is 13.7. The zero-order valence-electron chi connectivity index (χ0n) is 12.6. The first-order valence-electron chi connectivity index (χ1n) is 7.33. The molecule has 2 aromatic carbocycles. The number of aryl methyl sites for hydroxylation is 1. The van der Waals surface area contributed by atoms with E-state index in [2.05, 4.69) is 0 Å². The normalized spacial score (nSPS) is 10.9. The van der Waals surface area contributed by atoms with Crippen LogP contribution in [0.1, 0.15) is 22.8 Å². The number of rotatable bonds is 5. The van der Waals surface area contributed by atoms with Crippen molar-refractivity contribution in [1.29, 1.82) is 0 Å². The van der Waals surface area contributed by atoms with Crippen molar-refractivity contribution in [3.8, 4) is 5.75 Å². The summed E-state index contributed by atoms with van der Waals surface area (Å²) in [5.74, 6) is -1.28. The highest BCUT2D eigenvalue weighted by atomic mass is 19.1. The van der Waals surface area contributed by atoms with Gasteiger partial charge in [0.1, 0.15) is 6.61 Å². The Labute approximate surface area is 132 Å². The summed E-state index contributed by atoms with van der Waals surface area (Å²) in [5, 5.41) is 10.0. The number of benzene rings is 2. The molecule has 23 heavy (non-hydrogen) atoms. The van der Waals surface area contributed by atoms with Crippen LogP contribution in [-0.2, 0) is 13.2 Å². The molecule has 0 aliphatic heterocycles. The van der Waals surface area contributed by atoms with Crippen LogP contribution in [0.25, 0.3) is 10.9 Å². The average molecular weight is 313 g/mol. The predicted molar refractivity (Wildman–Crippen MR) is 85.3 cm³/mol. The maximum absolute atomic E-state index is 13.7. The van der Waals surface area contributed by atoms with Crippen molar-refractivity contribution in [3.63, 3.8) is 0 Å². The second kappa shape index (κ2) is 6.12. The number of carbonyl (C=O) groups is 1. The van der Waals surface area contributed by atoms with Gasteiger partial charge in [0.25, 0.3) is 0 Å². The van der Waals surface area contributed by atoms with Gasteiger partial charge in [-0.2, -0.15) is 0 Å². The van der Waals surface area contributed by atoms with Gasteiger partial charge in [0.2, 0.25) is 0 Å². The maximum Gasteiger partial charge on any atom is 0.336 e. The molecule has 0 fully saturated rings. The Hall–Kier alpha value is -2.82. The van der Waals surface area contributed by atoms with E-state index < -0.39 is 11.8 Å². The minimum atomic E-state index is -0.989. The summed E-state index contributed by atoms with van der Waals surface area (Å²) in [5.41, 5.74) is 1.78. The highest BCUT2D eigenvalue weighted by molar-refractivity contribution is 6.04. The average Bonchev–Trinajstić information content (AvgIpc) is 2.92. The first kappa shape index (κ1) is 15.1. The molecular weight excluding hydrogens is 297 g/mol. The van der Waals surface area contributed by atoms with Gasteiger partial charge >= 0.3 is 5.97 Å². The SMILES string of the molecule is CCn1cc(COc2ccccc2F)c2c(C(=O)O)cccc21. The van der Waals surface area contributed by atoms with Gasteiger partial charge in [-0.25, -0.2) is 9.18 Å². The van der Waals surface area contributed by atoms with Crippen molar-refractivity contribution in [2.45, 2.75) is 20.1 Å². The molecule has 0 spiro atoms. The lowest BCUT2D eigenvalue weighted by molar-refractivity contribution is 0.0699. The van der Waals surface area contributed by atoms with Gasteiger partial charge in [-0.05, 0) is 31.2 Å². The predicted octanol–water partition coefficient (Wildman–Crippen LogP) is 4.08. The minimum absolute atomic E-state index is 0.106. The van der Waals surface area contributed by atoms with E-state index in [1.807, 2.05) is 23.8 Å². The zero-order chi connectivity index (χ0) is 16.4. The van der Waals surface area contributed by atoms with E-state index in [9.17, 15) is 14.3 Å². The molecule has 118 valence electrons. The number of carboxylic acids is 1. The molecule has 1 aromatic heterocycles. The number of hydrogen-bond donors (Lipinski definition) is 1. The number of carboxylic acid groups (broad SMARTS) is 1. The van der Waals surface area contributed by atoms with Gasteiger partial charge in [-0.1, -0.05) is 18.2 Å². The molecule has 0 bridgehead atoms. The summed E-state index contributed by atoms with van der Waals surface area (Å²) in [6, 6.07) is 11.3. The fourth-order valence-electron chi connectivity index (χ4n) is 2.71. The molecule has 4 nitrogen and oxygen atoms in total. The fourth-order valence-corrected chi connectivity index (χ4v) is 2.71. The number of halogens is 1. The van der Waals surface area contributed by atoms with Crippen LogP contribution in [0.2, 0.25) is 0 Å². The number of para-hydroxylation sites is 1. The smallest absolute Gasteiger partial charge is 0.336 e. The Balaban J connectivity index is 2.03. The van der Waals surface area contributed by atoms with E-state index in [1.54, 1.807) is 30.3 Å². The second-order valence-electron chi connectivity index (χ2n) is 5.16. The van der Waals surface area contributed by atoms with E-state index in [1.165, 1.54) is 6.07 Å². The molecule has 0 radical (unpaired) electrons. The van der Waals surface area contributed by atoms with Crippen molar-refractivity contribution in [1.82, 2.24) is 4.57 Å². The van der Waals surface area contributed by atoms with Gasteiger partial charge in [0.05, 0.1) is 5.56 Å². The van der Waals surface area contributed by atoms with Crippen LogP contribution in [-0.4, -0.2) is 15.6 Å². The minimum Gasteiger partial charge on any atom is -0.486 e. The summed E-state index contributed by atoms with van der Waals surface area (Å²) >= 11 is 0. The number of aromatic carboxylic acids is 1. The molecule has 0 aliphatic carbocycles. The van der Waals surface area contributed by atoms with Crippen molar-refractivity contribution in [2.75, 3.05) is 0 Å². The summed E-state index contributed by atoms with van der Waals surface area (Å²) < 4.78 is 21.2. The van der Waals surface area contributed by atoms with Crippen LogP contribution in [0, 0.1) is 5.82 Å². The summed E-state index contributed by atoms with van der Waals surface area (Å²) in [6.07, 6.45) is 1.86. The third-order valence-corrected chi connectivity index (χ3v) is 3.78. The van der Waals surface area contributed by atoms with Crippen molar-refractivity contribution < 1.29 is 19.0 Å². The van der Waals surface area contributed by atoms with Crippen LogP contribution in [0.15, 0.2) is 48.7 Å². The monoisotopic (exact) mass is 313 g/mol. The van der Waals surface area contributed by atoms with E-state index >= 15 is 0 Å². The van der Waals surface area contributed by atoms with Gasteiger partial charge in [0.15, 0.2) is 11.6 Å². The van der Waals surface area contributed by atoms with E-state index in [-0.39, 0.29) is 17.9 Å². The molecule has 0 saturated carbocycles. The molecular formula is C18H16FNO3. The number of hydrogen-bond acceptors (Lipinski definition) is 2. The van der Waals surface area contributed by atoms with Crippen molar-refractivity contribution in [3.05, 3.63) is 65.6 Å². The molecule has 1 heterocycles. The Morgan fingerprint density at radius 2 is 2.00 bits per heavy atom. The molecule has 0 amide bonds. The lowest BCUT2D eigenvalue weighted by atomic mass is 10.1. The van der Waals surface area contributed by atoms with Crippen LogP contribution in [0.5, 0.6) is 5.75 Å². The number of nitrogens with zero attached hydrogens (tertiary/aromatic N) is 1. The first-order chi connectivity index (χ1) is 11.1. The Kier molecular flexibility index (Phi) is 4.02. The number of ether oxygens (including phenoxy) is 1. The summed E-state index contributed by atoms with van der Waals surface area (Å²) in [7, 11) is 0. The largest absolute Gasteiger partial charge is 0.486 e. The molecule has 1 N–H and O–H groups in total. The highest BCUT2D eigenvalue weighted by Gasteiger charge is 2.16. The summed E-state index contributed by atoms with van der Waals surface area (Å²) in [6.45, 7) is 2.79. The Morgan fingerprint density at radius 1 is 1.22 bits per heavy atom. The molecule has 0 atom stereocenters. The lowest BCUT2D eigenvalue weighted by Gasteiger charge is -2.07. The van der Waals surface area contributed by atoms with E-state index in [0.717, 1.165) is 11.1 Å². The molecule has 5 heteroatoms. The molecule has 0 unspecified atom stereocenters. The number of fused-ring (bicyclic) bond motifs is 1. The van der Waals surface area contributed by atoms with Crippen molar-refractivity contribution in [2.24, 2.45) is 0 Å². The standard InChI is InChI=1S/C18H16FNO3/c1-2-20-10-12(11-23-16-9-4-3-7-14(16)19)17-13(18(21)22)6-5-8-15(17)20/h3-10H,2,11H2,1H3,(H,21,22). The third kappa shape index (κ3) is 2.77. The van der Waals surface area contributed by atoms with Gasteiger partial charge in [-0.3, -0.25) is 0 Å².